The standard InChI is InChI=1S/C15H16N4OS/c1-9-13(14(20)18(2)3)21-15-17-12(8-19(9)15)10-4-6-11(16)7-5-10/h4-8H,16H2,1-3H3. The average molecular weight is 300 g/mol. The molecule has 0 spiro atoms. The van der Waals surface area contributed by atoms with Gasteiger partial charge in [0, 0.05) is 37.2 Å². The Bertz CT molecular complexity index is 814. The smallest absolute Gasteiger partial charge is 0.265 e. The number of hydrogen-bond donors (Lipinski definition) is 1. The summed E-state index contributed by atoms with van der Waals surface area (Å²) in [6, 6.07) is 7.61. The van der Waals surface area contributed by atoms with Crippen molar-refractivity contribution >= 4 is 27.9 Å². The molecule has 0 unspecified atom stereocenters. The van der Waals surface area contributed by atoms with Crippen molar-refractivity contribution in [2.45, 2.75) is 6.92 Å². The summed E-state index contributed by atoms with van der Waals surface area (Å²) in [5.41, 5.74) is 9.25. The van der Waals surface area contributed by atoms with Crippen LogP contribution < -0.4 is 5.73 Å². The second-order valence-electron chi connectivity index (χ2n) is 5.12. The van der Waals surface area contributed by atoms with Gasteiger partial charge in [-0.3, -0.25) is 9.20 Å². The molecule has 0 saturated carbocycles. The molecular formula is C15H16N4OS. The van der Waals surface area contributed by atoms with Crippen molar-refractivity contribution in [3.63, 3.8) is 0 Å². The summed E-state index contributed by atoms with van der Waals surface area (Å²) in [7, 11) is 3.51. The van der Waals surface area contributed by atoms with E-state index in [-0.39, 0.29) is 5.91 Å². The normalized spacial score (nSPS) is 11.0. The van der Waals surface area contributed by atoms with Crippen LogP contribution >= 0.6 is 11.3 Å². The van der Waals surface area contributed by atoms with Crippen LogP contribution in [-0.4, -0.2) is 34.3 Å². The van der Waals surface area contributed by atoms with E-state index in [1.54, 1.807) is 19.0 Å². The molecule has 21 heavy (non-hydrogen) atoms. The molecule has 6 heteroatoms. The van der Waals surface area contributed by atoms with Gasteiger partial charge < -0.3 is 10.6 Å². The second-order valence-corrected chi connectivity index (χ2v) is 6.09. The topological polar surface area (TPSA) is 63.6 Å². The van der Waals surface area contributed by atoms with Crippen LogP contribution in [0.15, 0.2) is 30.5 Å². The zero-order valence-corrected chi connectivity index (χ0v) is 12.9. The van der Waals surface area contributed by atoms with Crippen molar-refractivity contribution in [3.8, 4) is 11.3 Å². The average Bonchev–Trinajstić information content (AvgIpc) is 2.99. The van der Waals surface area contributed by atoms with Crippen LogP contribution in [0.4, 0.5) is 5.69 Å². The SMILES string of the molecule is Cc1c(C(=O)N(C)C)sc2nc(-c3ccc(N)cc3)cn12. The van der Waals surface area contributed by atoms with Crippen molar-refractivity contribution in [1.82, 2.24) is 14.3 Å². The van der Waals surface area contributed by atoms with Crippen LogP contribution in [0.1, 0.15) is 15.4 Å². The van der Waals surface area contributed by atoms with Crippen LogP contribution in [-0.2, 0) is 0 Å². The van der Waals surface area contributed by atoms with E-state index in [2.05, 4.69) is 4.98 Å². The van der Waals surface area contributed by atoms with Crippen molar-refractivity contribution in [1.29, 1.82) is 0 Å². The summed E-state index contributed by atoms with van der Waals surface area (Å²) in [6.45, 7) is 1.94. The molecule has 0 fully saturated rings. The molecule has 3 rings (SSSR count). The minimum atomic E-state index is 0.0111. The van der Waals surface area contributed by atoms with Crippen LogP contribution in [0.5, 0.6) is 0 Å². The Morgan fingerprint density at radius 2 is 1.95 bits per heavy atom. The van der Waals surface area contributed by atoms with E-state index in [1.165, 1.54) is 11.3 Å². The lowest BCUT2D eigenvalue weighted by molar-refractivity contribution is 0.0831. The Labute approximate surface area is 126 Å². The van der Waals surface area contributed by atoms with E-state index in [0.29, 0.717) is 0 Å². The lowest BCUT2D eigenvalue weighted by Gasteiger charge is -2.08. The highest BCUT2D eigenvalue weighted by Crippen LogP contribution is 2.28. The number of imidazole rings is 1. The Balaban J connectivity index is 2.06. The van der Waals surface area contributed by atoms with Crippen molar-refractivity contribution in [2.24, 2.45) is 0 Å². The molecule has 0 bridgehead atoms. The Kier molecular flexibility index (Phi) is 3.17. The van der Waals surface area contributed by atoms with Gasteiger partial charge in [-0.2, -0.15) is 0 Å². The molecule has 2 heterocycles. The van der Waals surface area contributed by atoms with Crippen LogP contribution in [0, 0.1) is 6.92 Å². The minimum absolute atomic E-state index is 0.0111. The maximum absolute atomic E-state index is 12.1. The zero-order valence-electron chi connectivity index (χ0n) is 12.1. The van der Waals surface area contributed by atoms with Crippen LogP contribution in [0.3, 0.4) is 0 Å². The van der Waals surface area contributed by atoms with Gasteiger partial charge in [0.25, 0.3) is 5.91 Å². The molecule has 0 aliphatic heterocycles. The third kappa shape index (κ3) is 2.27. The minimum Gasteiger partial charge on any atom is -0.399 e. The van der Waals surface area contributed by atoms with E-state index in [0.717, 1.165) is 32.5 Å². The molecule has 1 aromatic carbocycles. The summed E-state index contributed by atoms with van der Waals surface area (Å²) < 4.78 is 1.97. The van der Waals surface area contributed by atoms with Gasteiger partial charge in [-0.15, -0.1) is 0 Å². The van der Waals surface area contributed by atoms with Gasteiger partial charge in [-0.05, 0) is 19.1 Å². The molecule has 0 radical (unpaired) electrons. The number of rotatable bonds is 2. The summed E-state index contributed by atoms with van der Waals surface area (Å²) in [4.78, 5) is 19.8. The van der Waals surface area contributed by atoms with Gasteiger partial charge in [0.05, 0.1) is 5.69 Å². The monoisotopic (exact) mass is 300 g/mol. The quantitative estimate of drug-likeness (QED) is 0.740. The summed E-state index contributed by atoms with van der Waals surface area (Å²) in [5.74, 6) is 0.0111. The predicted molar refractivity (Wildman–Crippen MR) is 85.7 cm³/mol. The van der Waals surface area contributed by atoms with E-state index >= 15 is 0 Å². The maximum atomic E-state index is 12.1. The number of carbonyl (C=O) groups excluding carboxylic acids is 1. The number of nitrogens with zero attached hydrogens (tertiary/aromatic N) is 3. The third-order valence-electron chi connectivity index (χ3n) is 3.36. The Morgan fingerprint density at radius 1 is 1.29 bits per heavy atom. The second kappa shape index (κ2) is 4.89. The number of nitrogens with two attached hydrogens (primary N) is 1. The highest BCUT2D eigenvalue weighted by Gasteiger charge is 2.19. The number of aryl methyl sites for hydroxylation is 1. The summed E-state index contributed by atoms with van der Waals surface area (Å²) >= 11 is 1.41. The number of fused-ring (bicyclic) bond motifs is 1. The van der Waals surface area contributed by atoms with E-state index in [4.69, 9.17) is 5.73 Å². The fraction of sp³-hybridized carbons (Fsp3) is 0.200. The van der Waals surface area contributed by atoms with Crippen molar-refractivity contribution < 1.29 is 4.79 Å². The van der Waals surface area contributed by atoms with E-state index < -0.39 is 0 Å². The van der Waals surface area contributed by atoms with Crippen molar-refractivity contribution in [3.05, 3.63) is 41.0 Å². The van der Waals surface area contributed by atoms with Gasteiger partial charge in [-0.1, -0.05) is 23.5 Å². The van der Waals surface area contributed by atoms with Gasteiger partial charge >= 0.3 is 0 Å². The number of hydrogen-bond acceptors (Lipinski definition) is 4. The zero-order chi connectivity index (χ0) is 15.1. The Morgan fingerprint density at radius 3 is 2.52 bits per heavy atom. The van der Waals surface area contributed by atoms with Crippen molar-refractivity contribution in [2.75, 3.05) is 19.8 Å². The molecular weight excluding hydrogens is 284 g/mol. The first-order valence-corrected chi connectivity index (χ1v) is 7.35. The molecule has 3 aromatic rings. The molecule has 0 aliphatic rings. The highest BCUT2D eigenvalue weighted by atomic mass is 32.1. The summed E-state index contributed by atoms with van der Waals surface area (Å²) in [5, 5.41) is 0. The highest BCUT2D eigenvalue weighted by molar-refractivity contribution is 7.19. The van der Waals surface area contributed by atoms with Gasteiger partial charge in [-0.25, -0.2) is 4.98 Å². The largest absolute Gasteiger partial charge is 0.399 e. The first kappa shape index (κ1) is 13.6. The lowest BCUT2D eigenvalue weighted by Crippen LogP contribution is -2.21. The maximum Gasteiger partial charge on any atom is 0.265 e. The van der Waals surface area contributed by atoms with E-state index in [9.17, 15) is 4.79 Å². The first-order chi connectivity index (χ1) is 9.97. The molecule has 0 atom stereocenters. The number of thiazole rings is 1. The van der Waals surface area contributed by atoms with Gasteiger partial charge in [0.2, 0.25) is 0 Å². The lowest BCUT2D eigenvalue weighted by atomic mass is 10.1. The Hall–Kier alpha value is -2.34. The van der Waals surface area contributed by atoms with Crippen LogP contribution in [0.2, 0.25) is 0 Å². The third-order valence-corrected chi connectivity index (χ3v) is 4.51. The molecule has 2 N–H and O–H groups in total. The predicted octanol–water partition coefficient (Wildman–Crippen LogP) is 2.66. The molecule has 2 aromatic heterocycles. The molecule has 1 amide bonds. The molecule has 0 saturated heterocycles. The summed E-state index contributed by atoms with van der Waals surface area (Å²) in [6.07, 6.45) is 1.96. The number of benzene rings is 1. The van der Waals surface area contributed by atoms with E-state index in [1.807, 2.05) is 41.8 Å². The molecule has 5 nitrogen and oxygen atoms in total. The van der Waals surface area contributed by atoms with Crippen LogP contribution in [0.25, 0.3) is 16.2 Å². The first-order valence-electron chi connectivity index (χ1n) is 6.53. The molecule has 0 aliphatic carbocycles. The number of anilines is 1. The van der Waals surface area contributed by atoms with Gasteiger partial charge in [0.1, 0.15) is 4.88 Å². The fourth-order valence-electron chi connectivity index (χ4n) is 2.14. The number of nitrogen functional groups attached to an aromatic ring is 1. The molecule has 108 valence electrons. The van der Waals surface area contributed by atoms with Gasteiger partial charge in [0.15, 0.2) is 4.96 Å². The number of aromatic nitrogens is 2. The fourth-order valence-corrected chi connectivity index (χ4v) is 3.28. The number of carbonyl (C=O) groups is 1. The number of amides is 1.